The Kier molecular flexibility index (Phi) is 7.65. The van der Waals surface area contributed by atoms with E-state index >= 15 is 0 Å². The topological polar surface area (TPSA) is 70.2 Å². The van der Waals surface area contributed by atoms with Crippen LogP contribution in [0.4, 0.5) is 0 Å². The summed E-state index contributed by atoms with van der Waals surface area (Å²) in [6.07, 6.45) is 2.02. The van der Waals surface area contributed by atoms with Gasteiger partial charge < -0.3 is 16.0 Å². The first-order valence-electron chi connectivity index (χ1n) is 7.14. The van der Waals surface area contributed by atoms with E-state index in [1.807, 2.05) is 0 Å². The second-order valence-electron chi connectivity index (χ2n) is 5.25. The Hall–Kier alpha value is -1.30. The van der Waals surface area contributed by atoms with Crippen LogP contribution in [0.3, 0.4) is 0 Å². The summed E-state index contributed by atoms with van der Waals surface area (Å²) in [5.74, 6) is -0.443. The lowest BCUT2D eigenvalue weighted by molar-refractivity contribution is -0.123. The average Bonchev–Trinajstić information content (AvgIpc) is 2.48. The van der Waals surface area contributed by atoms with Crippen LogP contribution in [0, 0.1) is 0 Å². The number of carbonyl (C=O) groups is 2. The second-order valence-corrected chi connectivity index (χ2v) is 5.69. The van der Waals surface area contributed by atoms with E-state index in [0.29, 0.717) is 10.6 Å². The minimum Gasteiger partial charge on any atom is -0.350 e. The molecule has 5 nitrogen and oxygen atoms in total. The van der Waals surface area contributed by atoms with Crippen LogP contribution in [0.2, 0.25) is 5.02 Å². The maximum absolute atomic E-state index is 12.1. The van der Waals surface area contributed by atoms with E-state index in [9.17, 15) is 9.59 Å². The molecule has 1 aliphatic rings. The lowest BCUT2D eigenvalue weighted by Crippen LogP contribution is -2.52. The Labute approximate surface area is 141 Å². The van der Waals surface area contributed by atoms with Crippen molar-refractivity contribution in [2.45, 2.75) is 31.8 Å². The number of hydrogen-bond acceptors (Lipinski definition) is 3. The Morgan fingerprint density at radius 3 is 2.59 bits per heavy atom. The minimum atomic E-state index is -0.574. The van der Waals surface area contributed by atoms with E-state index in [0.717, 1.165) is 25.9 Å². The number of carbonyl (C=O) groups excluding carboxylic acids is 2. The monoisotopic (exact) mass is 345 g/mol. The summed E-state index contributed by atoms with van der Waals surface area (Å²) in [6.45, 7) is 3.46. The van der Waals surface area contributed by atoms with E-state index in [2.05, 4.69) is 16.0 Å². The fourth-order valence-corrected chi connectivity index (χ4v) is 2.37. The first-order valence-corrected chi connectivity index (χ1v) is 7.51. The molecular weight excluding hydrogens is 325 g/mol. The molecule has 1 heterocycles. The summed E-state index contributed by atoms with van der Waals surface area (Å²) in [6, 6.07) is 6.13. The molecule has 0 aliphatic carbocycles. The van der Waals surface area contributed by atoms with Crippen LogP contribution in [-0.2, 0) is 4.79 Å². The Bertz CT molecular complexity index is 502. The lowest BCUT2D eigenvalue weighted by atomic mass is 10.1. The van der Waals surface area contributed by atoms with Gasteiger partial charge in [-0.05, 0) is 50.6 Å². The third-order valence-electron chi connectivity index (χ3n) is 3.49. The molecule has 1 aromatic carbocycles. The van der Waals surface area contributed by atoms with Gasteiger partial charge in [0.2, 0.25) is 5.91 Å². The largest absolute Gasteiger partial charge is 0.350 e. The molecule has 122 valence electrons. The summed E-state index contributed by atoms with van der Waals surface area (Å²) in [5, 5.41) is 9.45. The first-order chi connectivity index (χ1) is 10.1. The highest BCUT2D eigenvalue weighted by molar-refractivity contribution is 6.30. The van der Waals surface area contributed by atoms with Crippen molar-refractivity contribution in [2.24, 2.45) is 0 Å². The van der Waals surface area contributed by atoms with Crippen LogP contribution in [0.15, 0.2) is 24.3 Å². The van der Waals surface area contributed by atoms with Gasteiger partial charge >= 0.3 is 0 Å². The fourth-order valence-electron chi connectivity index (χ4n) is 2.25. The summed E-state index contributed by atoms with van der Waals surface area (Å²) < 4.78 is 0. The first kappa shape index (κ1) is 18.7. The predicted octanol–water partition coefficient (Wildman–Crippen LogP) is 1.75. The zero-order chi connectivity index (χ0) is 15.2. The van der Waals surface area contributed by atoms with Crippen LogP contribution in [0.25, 0.3) is 0 Å². The Morgan fingerprint density at radius 1 is 1.32 bits per heavy atom. The van der Waals surface area contributed by atoms with Crippen molar-refractivity contribution in [1.29, 1.82) is 0 Å². The van der Waals surface area contributed by atoms with Crippen LogP contribution in [0.5, 0.6) is 0 Å². The molecule has 1 aromatic rings. The third kappa shape index (κ3) is 5.48. The Morgan fingerprint density at radius 2 is 2.00 bits per heavy atom. The average molecular weight is 346 g/mol. The molecule has 0 saturated carbocycles. The summed E-state index contributed by atoms with van der Waals surface area (Å²) in [4.78, 5) is 24.1. The molecule has 3 N–H and O–H groups in total. The highest BCUT2D eigenvalue weighted by atomic mass is 35.5. The quantitative estimate of drug-likeness (QED) is 0.778. The molecule has 2 atom stereocenters. The fraction of sp³-hybridized carbons (Fsp3) is 0.467. The number of hydrogen-bond donors (Lipinski definition) is 3. The van der Waals surface area contributed by atoms with Crippen LogP contribution >= 0.6 is 24.0 Å². The zero-order valence-electron chi connectivity index (χ0n) is 12.4. The summed E-state index contributed by atoms with van der Waals surface area (Å²) >= 11 is 5.78. The zero-order valence-corrected chi connectivity index (χ0v) is 14.0. The number of nitrogens with one attached hydrogen (secondary N) is 3. The van der Waals surface area contributed by atoms with Crippen molar-refractivity contribution < 1.29 is 9.59 Å². The van der Waals surface area contributed by atoms with Crippen molar-refractivity contribution in [3.8, 4) is 0 Å². The molecule has 1 saturated heterocycles. The van der Waals surface area contributed by atoms with Crippen molar-refractivity contribution in [1.82, 2.24) is 16.0 Å². The van der Waals surface area contributed by atoms with Gasteiger partial charge in [0.05, 0.1) is 0 Å². The summed E-state index contributed by atoms with van der Waals surface area (Å²) in [5.41, 5.74) is 0.485. The van der Waals surface area contributed by atoms with E-state index in [1.54, 1.807) is 31.2 Å². The molecule has 0 radical (unpaired) electrons. The molecule has 0 bridgehead atoms. The molecule has 7 heteroatoms. The van der Waals surface area contributed by atoms with Gasteiger partial charge in [0.25, 0.3) is 5.91 Å². The molecule has 2 rings (SSSR count). The molecule has 0 spiro atoms. The number of amides is 2. The van der Waals surface area contributed by atoms with Gasteiger partial charge in [0.15, 0.2) is 0 Å². The van der Waals surface area contributed by atoms with E-state index in [1.165, 1.54) is 0 Å². The molecule has 1 aliphatic heterocycles. The van der Waals surface area contributed by atoms with E-state index < -0.39 is 6.04 Å². The molecule has 1 unspecified atom stereocenters. The second kappa shape index (κ2) is 8.98. The maximum atomic E-state index is 12.1. The number of benzene rings is 1. The minimum absolute atomic E-state index is 0. The van der Waals surface area contributed by atoms with E-state index in [4.69, 9.17) is 11.6 Å². The van der Waals surface area contributed by atoms with Crippen LogP contribution in [0.1, 0.15) is 30.1 Å². The highest BCUT2D eigenvalue weighted by Gasteiger charge is 2.21. The highest BCUT2D eigenvalue weighted by Crippen LogP contribution is 2.09. The van der Waals surface area contributed by atoms with Crippen molar-refractivity contribution in [3.63, 3.8) is 0 Å². The predicted molar refractivity (Wildman–Crippen MR) is 89.7 cm³/mol. The van der Waals surface area contributed by atoms with Crippen LogP contribution in [-0.4, -0.2) is 37.0 Å². The van der Waals surface area contributed by atoms with Crippen molar-refractivity contribution in [2.75, 3.05) is 13.1 Å². The van der Waals surface area contributed by atoms with E-state index in [-0.39, 0.29) is 30.3 Å². The van der Waals surface area contributed by atoms with Gasteiger partial charge in [-0.2, -0.15) is 0 Å². The smallest absolute Gasteiger partial charge is 0.251 e. The van der Waals surface area contributed by atoms with Gasteiger partial charge in [0.1, 0.15) is 6.04 Å². The maximum Gasteiger partial charge on any atom is 0.251 e. The van der Waals surface area contributed by atoms with Gasteiger partial charge in [-0.25, -0.2) is 0 Å². The molecular formula is C15H21Cl2N3O2. The normalized spacial score (nSPS) is 18.7. The van der Waals surface area contributed by atoms with Crippen molar-refractivity contribution >= 4 is 35.8 Å². The van der Waals surface area contributed by atoms with Gasteiger partial charge in [-0.1, -0.05) is 11.6 Å². The molecule has 22 heavy (non-hydrogen) atoms. The molecule has 0 aromatic heterocycles. The standard InChI is InChI=1S/C15H20ClN3O2.ClH/c1-10(14(20)19-13-3-2-8-17-9-13)18-15(21)11-4-6-12(16)7-5-11;/h4-7,10,13,17H,2-3,8-9H2,1H3,(H,18,21)(H,19,20);1H/t10?,13-;/m0./s1. The van der Waals surface area contributed by atoms with Gasteiger partial charge in [-0.3, -0.25) is 9.59 Å². The Balaban J connectivity index is 0.00000242. The molecule has 1 fully saturated rings. The third-order valence-corrected chi connectivity index (χ3v) is 3.74. The molecule has 2 amide bonds. The SMILES string of the molecule is CC(NC(=O)c1ccc(Cl)cc1)C(=O)N[C@H]1CCCNC1.Cl. The van der Waals surface area contributed by atoms with Gasteiger partial charge in [0, 0.05) is 23.2 Å². The van der Waals surface area contributed by atoms with Crippen LogP contribution < -0.4 is 16.0 Å². The number of halogens is 2. The number of rotatable bonds is 4. The van der Waals surface area contributed by atoms with Gasteiger partial charge in [-0.15, -0.1) is 12.4 Å². The lowest BCUT2D eigenvalue weighted by Gasteiger charge is -2.25. The summed E-state index contributed by atoms with van der Waals surface area (Å²) in [7, 11) is 0. The number of piperidine rings is 1. The van der Waals surface area contributed by atoms with Crippen molar-refractivity contribution in [3.05, 3.63) is 34.9 Å².